The number of nitrogens with zero attached hydrogens (tertiary/aromatic N) is 1. The maximum atomic E-state index is 12.5. The number of amides is 1. The molecule has 1 amide bonds. The molecule has 0 aromatic heterocycles. The molecule has 2 fully saturated rings. The summed E-state index contributed by atoms with van der Waals surface area (Å²) < 4.78 is 5.00. The normalized spacial score (nSPS) is 18.2. The van der Waals surface area contributed by atoms with Crippen molar-refractivity contribution in [1.29, 1.82) is 0 Å². The van der Waals surface area contributed by atoms with Gasteiger partial charge < -0.3 is 14.7 Å². The van der Waals surface area contributed by atoms with E-state index >= 15 is 0 Å². The van der Waals surface area contributed by atoms with Crippen LogP contribution in [0.3, 0.4) is 0 Å². The van der Waals surface area contributed by atoms with Crippen molar-refractivity contribution in [2.45, 2.75) is 31.7 Å². The highest BCUT2D eigenvalue weighted by Gasteiger charge is 2.36. The van der Waals surface area contributed by atoms with Crippen molar-refractivity contribution in [3.8, 4) is 11.5 Å². The first-order valence-electron chi connectivity index (χ1n) is 6.87. The van der Waals surface area contributed by atoms with Crippen molar-refractivity contribution in [1.82, 2.24) is 4.90 Å². The minimum Gasteiger partial charge on any atom is -0.504 e. The molecule has 2 aliphatic rings. The molecule has 0 saturated heterocycles. The number of rotatable bonds is 5. The van der Waals surface area contributed by atoms with Gasteiger partial charge in [-0.25, -0.2) is 0 Å². The van der Waals surface area contributed by atoms with Gasteiger partial charge in [-0.15, -0.1) is 0 Å². The Balaban J connectivity index is 1.78. The Kier molecular flexibility index (Phi) is 3.09. The summed E-state index contributed by atoms with van der Waals surface area (Å²) in [4.78, 5) is 14.5. The summed E-state index contributed by atoms with van der Waals surface area (Å²) in [7, 11) is 1.50. The SMILES string of the molecule is COc1ccc(C(=O)N(CC2CC2)C2CC2)cc1O. The Morgan fingerprint density at radius 1 is 1.37 bits per heavy atom. The lowest BCUT2D eigenvalue weighted by Gasteiger charge is -2.22. The highest BCUT2D eigenvalue weighted by Crippen LogP contribution is 2.36. The van der Waals surface area contributed by atoms with E-state index in [1.165, 1.54) is 26.0 Å². The van der Waals surface area contributed by atoms with Crippen molar-refractivity contribution < 1.29 is 14.6 Å². The maximum Gasteiger partial charge on any atom is 0.254 e. The number of phenols is 1. The smallest absolute Gasteiger partial charge is 0.254 e. The molecule has 0 atom stereocenters. The Bertz CT molecular complexity index is 492. The van der Waals surface area contributed by atoms with Crippen LogP contribution in [0.5, 0.6) is 11.5 Å². The molecule has 19 heavy (non-hydrogen) atoms. The minimum atomic E-state index is 0.0236. The lowest BCUT2D eigenvalue weighted by atomic mass is 10.1. The van der Waals surface area contributed by atoms with Crippen molar-refractivity contribution in [2.24, 2.45) is 5.92 Å². The molecule has 0 bridgehead atoms. The monoisotopic (exact) mass is 261 g/mol. The molecule has 4 nitrogen and oxygen atoms in total. The number of ether oxygens (including phenoxy) is 1. The number of benzene rings is 1. The highest BCUT2D eigenvalue weighted by atomic mass is 16.5. The standard InChI is InChI=1S/C15H19NO3/c1-19-14-7-4-11(8-13(14)17)15(18)16(12-5-6-12)9-10-2-3-10/h4,7-8,10,12,17H,2-3,5-6,9H2,1H3. The molecule has 0 heterocycles. The van der Waals surface area contributed by atoms with Gasteiger partial charge >= 0.3 is 0 Å². The molecule has 4 heteroatoms. The van der Waals surface area contributed by atoms with Gasteiger partial charge in [-0.05, 0) is 49.8 Å². The van der Waals surface area contributed by atoms with Gasteiger partial charge in [0, 0.05) is 18.2 Å². The van der Waals surface area contributed by atoms with Crippen molar-refractivity contribution >= 4 is 5.91 Å². The predicted octanol–water partition coefficient (Wildman–Crippen LogP) is 2.42. The lowest BCUT2D eigenvalue weighted by Crippen LogP contribution is -2.34. The van der Waals surface area contributed by atoms with Gasteiger partial charge in [-0.3, -0.25) is 4.79 Å². The largest absolute Gasteiger partial charge is 0.504 e. The molecule has 1 aromatic carbocycles. The van der Waals surface area contributed by atoms with Crippen molar-refractivity contribution in [3.63, 3.8) is 0 Å². The summed E-state index contributed by atoms with van der Waals surface area (Å²) in [6, 6.07) is 5.29. The molecule has 0 aliphatic heterocycles. The predicted molar refractivity (Wildman–Crippen MR) is 71.4 cm³/mol. The third kappa shape index (κ3) is 2.67. The van der Waals surface area contributed by atoms with Gasteiger partial charge in [-0.1, -0.05) is 0 Å². The van der Waals surface area contributed by atoms with E-state index in [1.54, 1.807) is 12.1 Å². The number of phenolic OH excluding ortho intramolecular Hbond substituents is 1. The summed E-state index contributed by atoms with van der Waals surface area (Å²) in [5, 5.41) is 9.77. The van der Waals surface area contributed by atoms with E-state index < -0.39 is 0 Å². The summed E-state index contributed by atoms with van der Waals surface area (Å²) in [6.45, 7) is 0.871. The third-order valence-electron chi connectivity index (χ3n) is 3.83. The number of hydrogen-bond donors (Lipinski definition) is 1. The summed E-state index contributed by atoms with van der Waals surface area (Å²) >= 11 is 0. The van der Waals surface area contributed by atoms with E-state index in [0.717, 1.165) is 19.4 Å². The molecule has 2 aliphatic carbocycles. The number of carbonyl (C=O) groups excluding carboxylic acids is 1. The van der Waals surface area contributed by atoms with E-state index in [0.29, 0.717) is 23.3 Å². The van der Waals surface area contributed by atoms with Gasteiger partial charge in [-0.2, -0.15) is 0 Å². The van der Waals surface area contributed by atoms with Crippen LogP contribution in [-0.4, -0.2) is 35.6 Å². The minimum absolute atomic E-state index is 0.0236. The average molecular weight is 261 g/mol. The Labute approximate surface area is 113 Å². The molecular weight excluding hydrogens is 242 g/mol. The molecule has 0 spiro atoms. The van der Waals surface area contributed by atoms with Crippen LogP contribution in [0.2, 0.25) is 0 Å². The molecule has 0 radical (unpaired) electrons. The fourth-order valence-electron chi connectivity index (χ4n) is 2.35. The number of methoxy groups -OCH3 is 1. The zero-order valence-electron chi connectivity index (χ0n) is 11.1. The molecule has 102 valence electrons. The molecular formula is C15H19NO3. The second-order valence-corrected chi connectivity index (χ2v) is 5.52. The van der Waals surface area contributed by atoms with Crippen LogP contribution in [0, 0.1) is 5.92 Å². The summed E-state index contributed by atoms with van der Waals surface area (Å²) in [5.41, 5.74) is 0.547. The summed E-state index contributed by atoms with van der Waals surface area (Å²) in [5.74, 6) is 1.15. The van der Waals surface area contributed by atoms with Crippen LogP contribution in [-0.2, 0) is 0 Å². The highest BCUT2D eigenvalue weighted by molar-refractivity contribution is 5.95. The topological polar surface area (TPSA) is 49.8 Å². The van der Waals surface area contributed by atoms with Crippen molar-refractivity contribution in [3.05, 3.63) is 23.8 Å². The second-order valence-electron chi connectivity index (χ2n) is 5.52. The number of hydrogen-bond acceptors (Lipinski definition) is 3. The Hall–Kier alpha value is -1.71. The van der Waals surface area contributed by atoms with E-state index in [9.17, 15) is 9.90 Å². The van der Waals surface area contributed by atoms with E-state index in [-0.39, 0.29) is 11.7 Å². The van der Waals surface area contributed by atoms with E-state index in [1.807, 2.05) is 4.90 Å². The van der Waals surface area contributed by atoms with Crippen LogP contribution >= 0.6 is 0 Å². The second kappa shape index (κ2) is 4.76. The van der Waals surface area contributed by atoms with Crippen LogP contribution in [0.25, 0.3) is 0 Å². The number of carbonyl (C=O) groups is 1. The van der Waals surface area contributed by atoms with Gasteiger partial charge in [0.15, 0.2) is 11.5 Å². The Morgan fingerprint density at radius 3 is 2.63 bits per heavy atom. The molecule has 3 rings (SSSR count). The van der Waals surface area contributed by atoms with Crippen LogP contribution in [0.1, 0.15) is 36.0 Å². The Morgan fingerprint density at radius 2 is 2.11 bits per heavy atom. The van der Waals surface area contributed by atoms with Crippen LogP contribution < -0.4 is 4.74 Å². The zero-order valence-corrected chi connectivity index (χ0v) is 11.1. The summed E-state index contributed by atoms with van der Waals surface area (Å²) in [6.07, 6.45) is 4.70. The average Bonchev–Trinajstić information content (AvgIpc) is 3.27. The third-order valence-corrected chi connectivity index (χ3v) is 3.83. The van der Waals surface area contributed by atoms with Gasteiger partial charge in [0.2, 0.25) is 0 Å². The van der Waals surface area contributed by atoms with Gasteiger partial charge in [0.1, 0.15) is 0 Å². The first kappa shape index (κ1) is 12.3. The fraction of sp³-hybridized carbons (Fsp3) is 0.533. The van der Waals surface area contributed by atoms with E-state index in [4.69, 9.17) is 4.74 Å². The molecule has 2 saturated carbocycles. The first-order chi connectivity index (χ1) is 9.19. The first-order valence-corrected chi connectivity index (χ1v) is 6.87. The quantitative estimate of drug-likeness (QED) is 0.885. The fourth-order valence-corrected chi connectivity index (χ4v) is 2.35. The van der Waals surface area contributed by atoms with Crippen LogP contribution in [0.4, 0.5) is 0 Å². The van der Waals surface area contributed by atoms with Crippen LogP contribution in [0.15, 0.2) is 18.2 Å². The molecule has 1 aromatic rings. The van der Waals surface area contributed by atoms with E-state index in [2.05, 4.69) is 0 Å². The lowest BCUT2D eigenvalue weighted by molar-refractivity contribution is 0.0734. The zero-order chi connectivity index (χ0) is 13.4. The van der Waals surface area contributed by atoms with Gasteiger partial charge in [0.25, 0.3) is 5.91 Å². The molecule has 0 unspecified atom stereocenters. The van der Waals surface area contributed by atoms with Crippen molar-refractivity contribution in [2.75, 3.05) is 13.7 Å². The number of aromatic hydroxyl groups is 1. The van der Waals surface area contributed by atoms with Gasteiger partial charge in [0.05, 0.1) is 7.11 Å². The maximum absolute atomic E-state index is 12.5. The molecule has 1 N–H and O–H groups in total.